The summed E-state index contributed by atoms with van der Waals surface area (Å²) in [5.41, 5.74) is 1.55. The molecule has 2 fully saturated rings. The lowest BCUT2D eigenvalue weighted by atomic mass is 9.77. The van der Waals surface area contributed by atoms with Gasteiger partial charge in [0, 0.05) is 50.4 Å². The maximum absolute atomic E-state index is 12.5. The van der Waals surface area contributed by atoms with Gasteiger partial charge in [-0.2, -0.15) is 0 Å². The molecule has 1 aromatic carbocycles. The van der Waals surface area contributed by atoms with Gasteiger partial charge in [-0.05, 0) is 18.4 Å². The molecule has 0 aliphatic carbocycles. The minimum atomic E-state index is -0.0709. The monoisotopic (exact) mass is 350 g/mol. The van der Waals surface area contributed by atoms with Crippen LogP contribution in [0.5, 0.6) is 0 Å². The molecule has 26 heavy (non-hydrogen) atoms. The van der Waals surface area contributed by atoms with E-state index in [4.69, 9.17) is 0 Å². The van der Waals surface area contributed by atoms with E-state index in [9.17, 15) is 9.59 Å². The van der Waals surface area contributed by atoms with Crippen molar-refractivity contribution in [2.24, 2.45) is 5.41 Å². The van der Waals surface area contributed by atoms with Crippen LogP contribution in [0.4, 0.5) is 0 Å². The van der Waals surface area contributed by atoms with Crippen molar-refractivity contribution in [1.82, 2.24) is 19.8 Å². The number of carbonyl (C=O) groups is 2. The Bertz CT molecular complexity index is 786. The number of aromatic nitrogens is 2. The lowest BCUT2D eigenvalue weighted by Gasteiger charge is -2.38. The van der Waals surface area contributed by atoms with Crippen LogP contribution in [0, 0.1) is 5.41 Å². The predicted molar refractivity (Wildman–Crippen MR) is 96.1 cm³/mol. The van der Waals surface area contributed by atoms with E-state index in [2.05, 4.69) is 22.1 Å². The third kappa shape index (κ3) is 3.31. The van der Waals surface area contributed by atoms with Gasteiger partial charge in [-0.3, -0.25) is 14.6 Å². The Morgan fingerprint density at radius 2 is 1.88 bits per heavy atom. The summed E-state index contributed by atoms with van der Waals surface area (Å²) in [5.74, 6) is 0.154. The summed E-state index contributed by atoms with van der Waals surface area (Å²) in [6, 6.07) is 10.1. The van der Waals surface area contributed by atoms with Crippen LogP contribution in [0.3, 0.4) is 0 Å². The minimum absolute atomic E-state index is 0.00497. The fourth-order valence-corrected chi connectivity index (χ4v) is 4.02. The Labute approximate surface area is 152 Å². The van der Waals surface area contributed by atoms with Crippen LogP contribution in [-0.4, -0.2) is 51.2 Å². The molecule has 2 aliphatic rings. The molecule has 6 nitrogen and oxygen atoms in total. The number of benzene rings is 1. The second-order valence-corrected chi connectivity index (χ2v) is 7.30. The first kappa shape index (κ1) is 16.7. The smallest absolute Gasteiger partial charge is 0.274 e. The summed E-state index contributed by atoms with van der Waals surface area (Å²) in [4.78, 5) is 36.9. The lowest BCUT2D eigenvalue weighted by Crippen LogP contribution is -2.44. The van der Waals surface area contributed by atoms with Crippen LogP contribution in [-0.2, 0) is 11.3 Å². The predicted octanol–water partition coefficient (Wildman–Crippen LogP) is 2.13. The highest BCUT2D eigenvalue weighted by molar-refractivity contribution is 5.92. The van der Waals surface area contributed by atoms with E-state index >= 15 is 0 Å². The first-order valence-electron chi connectivity index (χ1n) is 9.02. The van der Waals surface area contributed by atoms with Crippen LogP contribution < -0.4 is 0 Å². The number of likely N-dealkylation sites (tertiary alicyclic amines) is 2. The molecule has 0 unspecified atom stereocenters. The summed E-state index contributed by atoms with van der Waals surface area (Å²) < 4.78 is 0. The van der Waals surface area contributed by atoms with Crippen molar-refractivity contribution >= 4 is 11.8 Å². The van der Waals surface area contributed by atoms with E-state index in [-0.39, 0.29) is 17.2 Å². The summed E-state index contributed by atoms with van der Waals surface area (Å²) in [6.07, 6.45) is 6.91. The van der Waals surface area contributed by atoms with Crippen LogP contribution in [0.1, 0.15) is 35.3 Å². The third-order valence-corrected chi connectivity index (χ3v) is 5.52. The molecule has 0 atom stereocenters. The van der Waals surface area contributed by atoms with E-state index in [1.807, 2.05) is 28.0 Å². The van der Waals surface area contributed by atoms with Crippen molar-refractivity contribution in [2.45, 2.75) is 25.8 Å². The Hall–Kier alpha value is -2.76. The van der Waals surface area contributed by atoms with Gasteiger partial charge in [0.05, 0.1) is 6.20 Å². The number of rotatable bonds is 3. The minimum Gasteiger partial charge on any atom is -0.338 e. The summed E-state index contributed by atoms with van der Waals surface area (Å²) in [6.45, 7) is 2.79. The van der Waals surface area contributed by atoms with Crippen molar-refractivity contribution in [3.05, 3.63) is 60.2 Å². The Kier molecular flexibility index (Phi) is 4.41. The molecule has 2 amide bonds. The summed E-state index contributed by atoms with van der Waals surface area (Å²) in [7, 11) is 0. The summed E-state index contributed by atoms with van der Waals surface area (Å²) >= 11 is 0. The van der Waals surface area contributed by atoms with Gasteiger partial charge in [0.15, 0.2) is 0 Å². The normalized spacial score (nSPS) is 19.2. The molecular formula is C20H22N4O2. The lowest BCUT2D eigenvalue weighted by molar-refractivity contribution is -0.128. The molecule has 2 aliphatic heterocycles. The second-order valence-electron chi connectivity index (χ2n) is 7.30. The van der Waals surface area contributed by atoms with E-state index in [0.29, 0.717) is 31.7 Å². The van der Waals surface area contributed by atoms with Gasteiger partial charge in [0.2, 0.25) is 5.91 Å². The highest BCUT2D eigenvalue weighted by Crippen LogP contribution is 2.41. The number of hydrogen-bond donors (Lipinski definition) is 0. The highest BCUT2D eigenvalue weighted by Gasteiger charge is 2.45. The maximum atomic E-state index is 12.5. The Morgan fingerprint density at radius 3 is 2.58 bits per heavy atom. The van der Waals surface area contributed by atoms with E-state index in [0.717, 1.165) is 24.9 Å². The Morgan fingerprint density at radius 1 is 1.12 bits per heavy atom. The van der Waals surface area contributed by atoms with Gasteiger partial charge in [0.1, 0.15) is 5.69 Å². The quantitative estimate of drug-likeness (QED) is 0.851. The number of piperidine rings is 1. The molecule has 0 bridgehead atoms. The molecule has 4 rings (SSSR count). The topological polar surface area (TPSA) is 66.4 Å². The molecular weight excluding hydrogens is 328 g/mol. The number of nitrogens with zero attached hydrogens (tertiary/aromatic N) is 4. The first-order chi connectivity index (χ1) is 12.7. The van der Waals surface area contributed by atoms with Crippen molar-refractivity contribution in [3.8, 4) is 0 Å². The van der Waals surface area contributed by atoms with Gasteiger partial charge in [-0.1, -0.05) is 30.3 Å². The van der Waals surface area contributed by atoms with Crippen molar-refractivity contribution in [2.75, 3.05) is 19.6 Å². The zero-order valence-corrected chi connectivity index (χ0v) is 14.7. The molecule has 0 saturated carbocycles. The fraction of sp³-hybridized carbons (Fsp3) is 0.400. The van der Waals surface area contributed by atoms with Crippen molar-refractivity contribution in [3.63, 3.8) is 0 Å². The zero-order chi connectivity index (χ0) is 18.0. The van der Waals surface area contributed by atoms with E-state index in [1.165, 1.54) is 12.4 Å². The molecule has 1 spiro atoms. The second kappa shape index (κ2) is 6.86. The third-order valence-electron chi connectivity index (χ3n) is 5.52. The highest BCUT2D eigenvalue weighted by atomic mass is 16.2. The average Bonchev–Trinajstić information content (AvgIpc) is 2.98. The molecule has 2 saturated heterocycles. The van der Waals surface area contributed by atoms with Gasteiger partial charge >= 0.3 is 0 Å². The van der Waals surface area contributed by atoms with Crippen molar-refractivity contribution < 1.29 is 9.59 Å². The van der Waals surface area contributed by atoms with Crippen LogP contribution in [0.2, 0.25) is 0 Å². The molecule has 6 heteroatoms. The number of carbonyl (C=O) groups excluding carboxylic acids is 2. The van der Waals surface area contributed by atoms with E-state index in [1.54, 1.807) is 6.20 Å². The number of hydrogen-bond acceptors (Lipinski definition) is 4. The average molecular weight is 350 g/mol. The van der Waals surface area contributed by atoms with Crippen LogP contribution in [0.15, 0.2) is 48.9 Å². The fourth-order valence-electron chi connectivity index (χ4n) is 4.02. The van der Waals surface area contributed by atoms with Gasteiger partial charge in [-0.15, -0.1) is 0 Å². The molecule has 1 aromatic heterocycles. The molecule has 2 aromatic rings. The first-order valence-corrected chi connectivity index (χ1v) is 9.02. The molecule has 0 radical (unpaired) electrons. The maximum Gasteiger partial charge on any atom is 0.274 e. The van der Waals surface area contributed by atoms with Crippen molar-refractivity contribution in [1.29, 1.82) is 0 Å². The standard InChI is InChI=1S/C20H22N4O2/c25-18-12-20(15-24(18)14-16-4-2-1-3-5-16)6-10-23(11-7-20)19(26)17-13-21-8-9-22-17/h1-5,8-9,13H,6-7,10-12,14-15H2. The zero-order valence-electron chi connectivity index (χ0n) is 14.7. The Balaban J connectivity index is 1.38. The van der Waals surface area contributed by atoms with Gasteiger partial charge < -0.3 is 9.80 Å². The molecule has 134 valence electrons. The van der Waals surface area contributed by atoms with Gasteiger partial charge in [0.25, 0.3) is 5.91 Å². The largest absolute Gasteiger partial charge is 0.338 e. The number of amides is 2. The molecule has 0 N–H and O–H groups in total. The molecule has 3 heterocycles. The van der Waals surface area contributed by atoms with Crippen LogP contribution >= 0.6 is 0 Å². The SMILES string of the molecule is O=C1CC2(CCN(C(=O)c3cnccn3)CC2)CN1Cc1ccccc1. The summed E-state index contributed by atoms with van der Waals surface area (Å²) in [5, 5.41) is 0. The van der Waals surface area contributed by atoms with Crippen LogP contribution in [0.25, 0.3) is 0 Å². The van der Waals surface area contributed by atoms with Gasteiger partial charge in [-0.25, -0.2) is 4.98 Å². The van der Waals surface area contributed by atoms with E-state index < -0.39 is 0 Å².